The number of hydrogen-bond acceptors (Lipinski definition) is 4. The minimum absolute atomic E-state index is 0.0169. The molecule has 2 N–H and O–H groups in total. The van der Waals surface area contributed by atoms with Crippen molar-refractivity contribution in [3.8, 4) is 0 Å². The van der Waals surface area contributed by atoms with Gasteiger partial charge in [0, 0.05) is 33.8 Å². The molecule has 1 aliphatic heterocycles. The number of aromatic nitrogens is 1. The topological polar surface area (TPSA) is 46.3 Å². The van der Waals surface area contributed by atoms with Crippen molar-refractivity contribution in [2.75, 3.05) is 18.5 Å². The molecule has 27 heavy (non-hydrogen) atoms. The van der Waals surface area contributed by atoms with Crippen molar-refractivity contribution in [1.29, 1.82) is 0 Å². The molecule has 0 saturated carbocycles. The number of H-pyrrole nitrogens is 1. The molecule has 1 saturated heterocycles. The number of anilines is 1. The Kier molecular flexibility index (Phi) is 4.89. The number of fused-ring (bicyclic) bond motifs is 1. The quantitative estimate of drug-likeness (QED) is 0.530. The molecule has 6 heteroatoms. The molecule has 142 valence electrons. The van der Waals surface area contributed by atoms with Crippen molar-refractivity contribution < 1.29 is 9.05 Å². The highest BCUT2D eigenvalue weighted by Gasteiger charge is 2.40. The van der Waals surface area contributed by atoms with E-state index < -0.39 is 6.49 Å². The smallest absolute Gasteiger partial charge is 0.215 e. The lowest BCUT2D eigenvalue weighted by molar-refractivity contribution is 0.0579. The van der Waals surface area contributed by atoms with Gasteiger partial charge >= 0.3 is 0 Å². The Balaban J connectivity index is 1.75. The Morgan fingerprint density at radius 1 is 1.07 bits per heavy atom. The van der Waals surface area contributed by atoms with Gasteiger partial charge in [-0.05, 0) is 36.9 Å². The molecule has 1 fully saturated rings. The number of aromatic amines is 1. The fourth-order valence-corrected chi connectivity index (χ4v) is 6.32. The third kappa shape index (κ3) is 3.83. The molecule has 0 radical (unpaired) electrons. The number of nitrogens with one attached hydrogen (secondary N) is 2. The van der Waals surface area contributed by atoms with E-state index >= 15 is 0 Å². The van der Waals surface area contributed by atoms with Crippen LogP contribution in [-0.2, 0) is 20.9 Å². The largest absolute Gasteiger partial charge is 0.370 e. The normalized spacial score (nSPS) is 19.7. The van der Waals surface area contributed by atoms with E-state index in [9.17, 15) is 0 Å². The molecule has 4 rings (SSSR count). The number of rotatable bonds is 4. The summed E-state index contributed by atoms with van der Waals surface area (Å²) in [5.41, 5.74) is 4.39. The molecule has 2 aromatic carbocycles. The lowest BCUT2D eigenvalue weighted by Gasteiger charge is -2.40. The fourth-order valence-electron chi connectivity index (χ4n) is 3.21. The van der Waals surface area contributed by atoms with E-state index in [1.807, 2.05) is 18.3 Å². The van der Waals surface area contributed by atoms with Gasteiger partial charge in [-0.25, -0.2) is 0 Å². The van der Waals surface area contributed by atoms with Gasteiger partial charge in [0.2, 0.25) is 6.49 Å². The molecule has 1 aromatic heterocycles. The van der Waals surface area contributed by atoms with E-state index in [2.05, 4.69) is 67.5 Å². The summed E-state index contributed by atoms with van der Waals surface area (Å²) in [4.78, 5) is 3.36. The molecular weight excluding hydrogens is 375 g/mol. The predicted molar refractivity (Wildman–Crippen MR) is 116 cm³/mol. The fraction of sp³-hybridized carbons (Fsp3) is 0.333. The monoisotopic (exact) mass is 400 g/mol. The van der Waals surface area contributed by atoms with Crippen LogP contribution in [0.15, 0.2) is 54.7 Å². The van der Waals surface area contributed by atoms with Crippen molar-refractivity contribution in [2.24, 2.45) is 5.41 Å². The second-order valence-corrected chi connectivity index (χ2v) is 11.6. The Morgan fingerprint density at radius 2 is 1.74 bits per heavy atom. The van der Waals surface area contributed by atoms with E-state index in [-0.39, 0.29) is 11.2 Å². The summed E-state index contributed by atoms with van der Waals surface area (Å²) in [5, 5.41) is 4.76. The second kappa shape index (κ2) is 7.06. The van der Waals surface area contributed by atoms with E-state index in [1.54, 1.807) is 0 Å². The first-order valence-corrected chi connectivity index (χ1v) is 11.9. The first kappa shape index (κ1) is 18.7. The first-order valence-electron chi connectivity index (χ1n) is 9.14. The number of para-hydroxylation sites is 1. The predicted octanol–water partition coefficient (Wildman–Crippen LogP) is 5.97. The Morgan fingerprint density at radius 3 is 2.44 bits per heavy atom. The maximum atomic E-state index is 6.24. The summed E-state index contributed by atoms with van der Waals surface area (Å²) in [7, 11) is 0. The molecule has 3 aromatic rings. The van der Waals surface area contributed by atoms with Crippen LogP contribution < -0.4 is 5.32 Å². The van der Waals surface area contributed by atoms with Crippen molar-refractivity contribution in [3.63, 3.8) is 0 Å². The van der Waals surface area contributed by atoms with E-state index in [1.165, 1.54) is 5.56 Å². The summed E-state index contributed by atoms with van der Waals surface area (Å²) < 4.78 is 12.5. The summed E-state index contributed by atoms with van der Waals surface area (Å²) in [6.45, 7) is 5.01. The summed E-state index contributed by atoms with van der Waals surface area (Å²) in [5.74, 6) is -0.220. The number of hydrogen-bond donors (Lipinski definition) is 2. The van der Waals surface area contributed by atoms with Crippen LogP contribution in [0.5, 0.6) is 0 Å². The summed E-state index contributed by atoms with van der Waals surface area (Å²) in [6, 6.07) is 16.6. The molecule has 0 bridgehead atoms. The minimum Gasteiger partial charge on any atom is -0.370 e. The zero-order valence-electron chi connectivity index (χ0n) is 15.9. The van der Waals surface area contributed by atoms with Crippen LogP contribution in [0, 0.1) is 12.3 Å². The standard InChI is InChI=1S/C21H25N2O2PS/c1-15-8-10-16(11-9-15)23-20(26(27)24-13-21(2,3)14-25-26)18-12-22-19-7-5-4-6-17(18)19/h4-12,20,22-23H,13-14H2,1-3H3/t20-/m1/s1. The molecule has 2 heterocycles. The molecule has 0 unspecified atom stereocenters. The highest BCUT2D eigenvalue weighted by molar-refractivity contribution is 8.10. The molecule has 0 aliphatic carbocycles. The van der Waals surface area contributed by atoms with Gasteiger partial charge in [-0.1, -0.05) is 49.7 Å². The average molecular weight is 400 g/mol. The van der Waals surface area contributed by atoms with Gasteiger partial charge in [0.25, 0.3) is 0 Å². The van der Waals surface area contributed by atoms with E-state index in [0.717, 1.165) is 22.2 Å². The van der Waals surface area contributed by atoms with Crippen LogP contribution in [0.1, 0.15) is 30.8 Å². The zero-order chi connectivity index (χ0) is 19.1. The summed E-state index contributed by atoms with van der Waals surface area (Å²) >= 11 is 6.00. The van der Waals surface area contributed by atoms with Crippen molar-refractivity contribution >= 4 is 34.9 Å². The van der Waals surface area contributed by atoms with Gasteiger partial charge in [-0.2, -0.15) is 0 Å². The van der Waals surface area contributed by atoms with E-state index in [0.29, 0.717) is 13.2 Å². The van der Waals surface area contributed by atoms with Crippen LogP contribution in [0.3, 0.4) is 0 Å². The van der Waals surface area contributed by atoms with Crippen LogP contribution in [0.4, 0.5) is 5.69 Å². The van der Waals surface area contributed by atoms with Crippen LogP contribution in [-0.4, -0.2) is 18.2 Å². The average Bonchev–Trinajstić information content (AvgIpc) is 3.08. The van der Waals surface area contributed by atoms with Crippen LogP contribution >= 0.6 is 6.49 Å². The minimum atomic E-state index is -2.57. The van der Waals surface area contributed by atoms with Gasteiger partial charge in [0.15, 0.2) is 0 Å². The molecule has 0 spiro atoms. The lowest BCUT2D eigenvalue weighted by Crippen LogP contribution is -2.31. The van der Waals surface area contributed by atoms with Crippen LogP contribution in [0.2, 0.25) is 0 Å². The third-order valence-corrected chi connectivity index (χ3v) is 8.14. The number of benzene rings is 2. The SMILES string of the molecule is Cc1ccc(N[C@@H](c2c[nH]c3ccccc23)P2(=S)OCC(C)(C)CO2)cc1. The highest BCUT2D eigenvalue weighted by atomic mass is 32.5. The maximum Gasteiger partial charge on any atom is 0.215 e. The molecule has 1 atom stereocenters. The molecule has 0 amide bonds. The van der Waals surface area contributed by atoms with Crippen LogP contribution in [0.25, 0.3) is 10.9 Å². The Hall–Kier alpha value is -1.65. The van der Waals surface area contributed by atoms with Gasteiger partial charge in [0.05, 0.1) is 13.2 Å². The van der Waals surface area contributed by atoms with Gasteiger partial charge in [-0.15, -0.1) is 0 Å². The molecule has 1 aliphatic rings. The lowest BCUT2D eigenvalue weighted by atomic mass is 9.97. The van der Waals surface area contributed by atoms with Crippen molar-refractivity contribution in [1.82, 2.24) is 4.98 Å². The first-order chi connectivity index (χ1) is 12.9. The molecule has 4 nitrogen and oxygen atoms in total. The van der Waals surface area contributed by atoms with Gasteiger partial charge in [-0.3, -0.25) is 0 Å². The highest BCUT2D eigenvalue weighted by Crippen LogP contribution is 2.64. The van der Waals surface area contributed by atoms with Crippen molar-refractivity contribution in [2.45, 2.75) is 26.6 Å². The molecular formula is C21H25N2O2PS. The van der Waals surface area contributed by atoms with Gasteiger partial charge < -0.3 is 19.3 Å². The second-order valence-electron chi connectivity index (χ2n) is 7.95. The third-order valence-electron chi connectivity index (χ3n) is 4.86. The Labute approximate surface area is 165 Å². The van der Waals surface area contributed by atoms with Gasteiger partial charge in [0.1, 0.15) is 5.78 Å². The number of aryl methyl sites for hydroxylation is 1. The maximum absolute atomic E-state index is 6.24. The summed E-state index contributed by atoms with van der Waals surface area (Å²) in [6.07, 6.45) is 2.02. The van der Waals surface area contributed by atoms with E-state index in [4.69, 9.17) is 20.9 Å². The zero-order valence-corrected chi connectivity index (χ0v) is 17.6. The van der Waals surface area contributed by atoms with Crippen molar-refractivity contribution in [3.05, 3.63) is 65.9 Å². The Bertz CT molecular complexity index is 983.